The van der Waals surface area contributed by atoms with Crippen LogP contribution < -0.4 is 14.4 Å². The molecule has 0 saturated heterocycles. The van der Waals surface area contributed by atoms with Crippen LogP contribution in [0.15, 0.2) is 48.5 Å². The summed E-state index contributed by atoms with van der Waals surface area (Å²) in [6, 6.07) is 13.7. The summed E-state index contributed by atoms with van der Waals surface area (Å²) in [5.41, 5.74) is 2.38. The van der Waals surface area contributed by atoms with Gasteiger partial charge in [0.1, 0.15) is 11.8 Å². The van der Waals surface area contributed by atoms with Gasteiger partial charge in [0.2, 0.25) is 15.9 Å². The second-order valence-corrected chi connectivity index (χ2v) is 10.1. The van der Waals surface area contributed by atoms with Crippen molar-refractivity contribution in [2.24, 2.45) is 5.92 Å². The Morgan fingerprint density at radius 1 is 1.13 bits per heavy atom. The number of nitrogens with one attached hydrogen (secondary N) is 1. The van der Waals surface area contributed by atoms with Crippen LogP contribution >= 0.6 is 0 Å². The molecule has 0 radical (unpaired) electrons. The monoisotopic (exact) mass is 446 g/mol. The zero-order chi connectivity index (χ0) is 23.2. The van der Waals surface area contributed by atoms with Crippen molar-refractivity contribution in [3.8, 4) is 5.75 Å². The van der Waals surface area contributed by atoms with Crippen LogP contribution in [-0.2, 0) is 14.8 Å². The van der Waals surface area contributed by atoms with Gasteiger partial charge in [0.25, 0.3) is 0 Å². The largest absolute Gasteiger partial charge is 0.497 e. The lowest BCUT2D eigenvalue weighted by Gasteiger charge is -2.32. The van der Waals surface area contributed by atoms with Crippen LogP contribution in [0.25, 0.3) is 0 Å². The minimum Gasteiger partial charge on any atom is -0.497 e. The van der Waals surface area contributed by atoms with Crippen LogP contribution in [0.3, 0.4) is 0 Å². The first-order valence-corrected chi connectivity index (χ1v) is 12.4. The highest BCUT2D eigenvalue weighted by Gasteiger charge is 2.32. The second kappa shape index (κ2) is 10.7. The number of sulfonamides is 1. The lowest BCUT2D eigenvalue weighted by Crippen LogP contribution is -2.50. The number of carbonyl (C=O) groups is 1. The molecule has 1 amide bonds. The molecule has 0 bridgehead atoms. The standard InChI is InChI=1S/C24H34N2O4S/c1-7-23(26(31(6,28)29)20-10-8-9-18(4)16-20)24(27)25-22(15-17(2)3)19-11-13-21(30-5)14-12-19/h8-14,16-17,22-23H,7,15H2,1-6H3,(H,25,27). The van der Waals surface area contributed by atoms with Crippen LogP contribution in [0, 0.1) is 12.8 Å². The van der Waals surface area contributed by atoms with Crippen molar-refractivity contribution in [2.45, 2.75) is 52.6 Å². The minimum absolute atomic E-state index is 0.230. The number of nitrogens with zero attached hydrogens (tertiary/aromatic N) is 1. The average Bonchev–Trinajstić information content (AvgIpc) is 2.70. The van der Waals surface area contributed by atoms with Gasteiger partial charge in [0, 0.05) is 0 Å². The van der Waals surface area contributed by atoms with E-state index in [0.717, 1.165) is 29.6 Å². The van der Waals surface area contributed by atoms with Crippen LogP contribution in [-0.4, -0.2) is 33.7 Å². The number of benzene rings is 2. The lowest BCUT2D eigenvalue weighted by atomic mass is 9.96. The third kappa shape index (κ3) is 6.72. The lowest BCUT2D eigenvalue weighted by molar-refractivity contribution is -0.123. The second-order valence-electron chi connectivity index (χ2n) is 8.29. The van der Waals surface area contributed by atoms with Gasteiger partial charge in [-0.05, 0) is 61.1 Å². The van der Waals surface area contributed by atoms with Gasteiger partial charge in [-0.1, -0.05) is 45.0 Å². The zero-order valence-corrected chi connectivity index (χ0v) is 20.1. The van der Waals surface area contributed by atoms with Crippen molar-refractivity contribution >= 4 is 21.6 Å². The van der Waals surface area contributed by atoms with Gasteiger partial charge in [-0.2, -0.15) is 0 Å². The molecule has 0 aliphatic rings. The number of amides is 1. The van der Waals surface area contributed by atoms with E-state index in [1.165, 1.54) is 4.31 Å². The molecule has 0 spiro atoms. The predicted molar refractivity (Wildman–Crippen MR) is 126 cm³/mol. The molecule has 31 heavy (non-hydrogen) atoms. The molecule has 1 N–H and O–H groups in total. The van der Waals surface area contributed by atoms with Gasteiger partial charge < -0.3 is 10.1 Å². The summed E-state index contributed by atoms with van der Waals surface area (Å²) in [7, 11) is -2.06. The summed E-state index contributed by atoms with van der Waals surface area (Å²) < 4.78 is 31.8. The Morgan fingerprint density at radius 3 is 2.26 bits per heavy atom. The predicted octanol–water partition coefficient (Wildman–Crippen LogP) is 4.45. The Kier molecular flexibility index (Phi) is 8.51. The highest BCUT2D eigenvalue weighted by Crippen LogP contribution is 2.27. The maximum Gasteiger partial charge on any atom is 0.244 e. The molecule has 0 aromatic heterocycles. The summed E-state index contributed by atoms with van der Waals surface area (Å²) >= 11 is 0. The molecular weight excluding hydrogens is 412 g/mol. The summed E-state index contributed by atoms with van der Waals surface area (Å²) in [4.78, 5) is 13.4. The molecule has 2 aromatic rings. The number of hydrogen-bond acceptors (Lipinski definition) is 4. The van der Waals surface area contributed by atoms with Crippen molar-refractivity contribution in [2.75, 3.05) is 17.7 Å². The van der Waals surface area contributed by atoms with Crippen molar-refractivity contribution in [3.05, 3.63) is 59.7 Å². The highest BCUT2D eigenvalue weighted by atomic mass is 32.2. The van der Waals surface area contributed by atoms with Crippen molar-refractivity contribution in [3.63, 3.8) is 0 Å². The Bertz CT molecular complexity index is 971. The van der Waals surface area contributed by atoms with E-state index in [0.29, 0.717) is 18.0 Å². The number of ether oxygens (including phenoxy) is 1. The summed E-state index contributed by atoms with van der Waals surface area (Å²) in [5, 5.41) is 3.10. The molecule has 2 rings (SSSR count). The van der Waals surface area contributed by atoms with Crippen LogP contribution in [0.5, 0.6) is 5.75 Å². The first kappa shape index (κ1) is 24.7. The van der Waals surface area contributed by atoms with Crippen LogP contribution in [0.2, 0.25) is 0 Å². The number of methoxy groups -OCH3 is 1. The summed E-state index contributed by atoms with van der Waals surface area (Å²) in [6.45, 7) is 7.90. The van der Waals surface area contributed by atoms with E-state index in [1.807, 2.05) is 44.2 Å². The molecule has 6 nitrogen and oxygen atoms in total. The Balaban J connectivity index is 2.37. The van der Waals surface area contributed by atoms with E-state index >= 15 is 0 Å². The molecular formula is C24H34N2O4S. The van der Waals surface area contributed by atoms with Gasteiger partial charge in [-0.3, -0.25) is 9.10 Å². The average molecular weight is 447 g/mol. The maximum absolute atomic E-state index is 13.4. The zero-order valence-electron chi connectivity index (χ0n) is 19.3. The van der Waals surface area contributed by atoms with Crippen molar-refractivity contribution in [1.29, 1.82) is 0 Å². The van der Waals surface area contributed by atoms with E-state index < -0.39 is 16.1 Å². The van der Waals surface area contributed by atoms with Gasteiger partial charge >= 0.3 is 0 Å². The van der Waals surface area contributed by atoms with Crippen LogP contribution in [0.1, 0.15) is 50.8 Å². The molecule has 0 heterocycles. The molecule has 2 atom stereocenters. The maximum atomic E-state index is 13.4. The number of rotatable bonds is 10. The van der Waals surface area contributed by atoms with E-state index in [2.05, 4.69) is 19.2 Å². The van der Waals surface area contributed by atoms with E-state index in [4.69, 9.17) is 4.74 Å². The number of hydrogen-bond donors (Lipinski definition) is 1. The number of aryl methyl sites for hydroxylation is 1. The van der Waals surface area contributed by atoms with Crippen LogP contribution in [0.4, 0.5) is 5.69 Å². The normalized spacial score (nSPS) is 13.5. The first-order chi connectivity index (χ1) is 14.6. The molecule has 2 aromatic carbocycles. The molecule has 170 valence electrons. The Morgan fingerprint density at radius 2 is 1.77 bits per heavy atom. The van der Waals surface area contributed by atoms with Gasteiger partial charge in [-0.15, -0.1) is 0 Å². The molecule has 0 saturated carbocycles. The topological polar surface area (TPSA) is 75.7 Å². The highest BCUT2D eigenvalue weighted by molar-refractivity contribution is 7.92. The molecule has 7 heteroatoms. The summed E-state index contributed by atoms with van der Waals surface area (Å²) in [5.74, 6) is 0.777. The third-order valence-corrected chi connectivity index (χ3v) is 6.31. The number of anilines is 1. The fraction of sp³-hybridized carbons (Fsp3) is 0.458. The number of carbonyl (C=O) groups excluding carboxylic acids is 1. The third-order valence-electron chi connectivity index (χ3n) is 5.13. The van der Waals surface area contributed by atoms with Crippen molar-refractivity contribution < 1.29 is 17.9 Å². The molecule has 0 aliphatic heterocycles. The first-order valence-electron chi connectivity index (χ1n) is 10.6. The Hall–Kier alpha value is -2.54. The van der Waals surface area contributed by atoms with E-state index in [1.54, 1.807) is 25.3 Å². The Labute approximate surface area is 186 Å². The smallest absolute Gasteiger partial charge is 0.244 e. The fourth-order valence-electron chi connectivity index (χ4n) is 3.68. The molecule has 0 aliphatic carbocycles. The fourth-order valence-corrected chi connectivity index (χ4v) is 4.88. The van der Waals surface area contributed by atoms with E-state index in [-0.39, 0.29) is 11.9 Å². The van der Waals surface area contributed by atoms with Gasteiger partial charge in [0.05, 0.1) is 25.1 Å². The van der Waals surface area contributed by atoms with Gasteiger partial charge in [-0.25, -0.2) is 8.42 Å². The SMILES string of the molecule is CCC(C(=O)NC(CC(C)C)c1ccc(OC)cc1)N(c1cccc(C)c1)S(C)(=O)=O. The van der Waals surface area contributed by atoms with E-state index in [9.17, 15) is 13.2 Å². The quantitative estimate of drug-likeness (QED) is 0.585. The summed E-state index contributed by atoms with van der Waals surface area (Å²) in [6.07, 6.45) is 2.22. The van der Waals surface area contributed by atoms with Crippen molar-refractivity contribution in [1.82, 2.24) is 5.32 Å². The minimum atomic E-state index is -3.67. The van der Waals surface area contributed by atoms with Gasteiger partial charge in [0.15, 0.2) is 0 Å². The molecule has 2 unspecified atom stereocenters. The molecule has 0 fully saturated rings.